The van der Waals surface area contributed by atoms with E-state index in [1.807, 2.05) is 0 Å². The third-order valence-corrected chi connectivity index (χ3v) is 3.07. The average Bonchev–Trinajstić information content (AvgIpc) is 2.60. The molecule has 1 aromatic rings. The summed E-state index contributed by atoms with van der Waals surface area (Å²) in [6.45, 7) is 0.706. The molecule has 4 nitrogen and oxygen atoms in total. The van der Waals surface area contributed by atoms with Crippen LogP contribution < -0.4 is 9.47 Å². The lowest BCUT2D eigenvalue weighted by Crippen LogP contribution is -2.31. The van der Waals surface area contributed by atoms with Gasteiger partial charge in [0.1, 0.15) is 0 Å². The van der Waals surface area contributed by atoms with E-state index in [0.717, 1.165) is 18.2 Å². The van der Waals surface area contributed by atoms with Gasteiger partial charge in [0.15, 0.2) is 11.5 Å². The van der Waals surface area contributed by atoms with Crippen molar-refractivity contribution in [2.75, 3.05) is 0 Å². The molecule has 116 valence electrons. The summed E-state index contributed by atoms with van der Waals surface area (Å²) in [6, 6.07) is 2.76. The Hall–Kier alpha value is -2.06. The SMILES string of the molecule is C[C@H](C(C(=O)O)c1ccc2c(c1)OC(F)(F)O2)C(F)(F)F. The van der Waals surface area contributed by atoms with Gasteiger partial charge < -0.3 is 14.6 Å². The van der Waals surface area contributed by atoms with Gasteiger partial charge >= 0.3 is 18.4 Å². The second-order valence-electron chi connectivity index (χ2n) is 4.52. The molecule has 0 radical (unpaired) electrons. The molecule has 0 aromatic heterocycles. The van der Waals surface area contributed by atoms with E-state index in [2.05, 4.69) is 9.47 Å². The average molecular weight is 312 g/mol. The van der Waals surface area contributed by atoms with Gasteiger partial charge in [0.05, 0.1) is 11.8 Å². The quantitative estimate of drug-likeness (QED) is 0.869. The predicted molar refractivity (Wildman–Crippen MR) is 58.2 cm³/mol. The Bertz CT molecular complexity index is 569. The van der Waals surface area contributed by atoms with Gasteiger partial charge in [-0.1, -0.05) is 13.0 Å². The molecule has 1 aliphatic heterocycles. The maximum atomic E-state index is 12.8. The molecule has 0 aliphatic carbocycles. The first-order valence-electron chi connectivity index (χ1n) is 5.70. The summed E-state index contributed by atoms with van der Waals surface area (Å²) in [5, 5.41) is 8.99. The number of hydrogen-bond donors (Lipinski definition) is 1. The first kappa shape index (κ1) is 15.3. The van der Waals surface area contributed by atoms with Crippen LogP contribution in [-0.2, 0) is 4.79 Å². The monoisotopic (exact) mass is 312 g/mol. The van der Waals surface area contributed by atoms with Crippen LogP contribution in [0.1, 0.15) is 18.4 Å². The van der Waals surface area contributed by atoms with Crippen molar-refractivity contribution in [3.05, 3.63) is 23.8 Å². The van der Waals surface area contributed by atoms with Crippen molar-refractivity contribution in [3.63, 3.8) is 0 Å². The lowest BCUT2D eigenvalue weighted by Gasteiger charge is -2.23. The number of hydrogen-bond acceptors (Lipinski definition) is 3. The fraction of sp³-hybridized carbons (Fsp3) is 0.417. The second-order valence-corrected chi connectivity index (χ2v) is 4.52. The van der Waals surface area contributed by atoms with Crippen LogP contribution in [0.3, 0.4) is 0 Å². The topological polar surface area (TPSA) is 55.8 Å². The minimum atomic E-state index is -4.75. The summed E-state index contributed by atoms with van der Waals surface area (Å²) < 4.78 is 72.0. The van der Waals surface area contributed by atoms with Gasteiger partial charge in [0.2, 0.25) is 0 Å². The van der Waals surface area contributed by atoms with E-state index >= 15 is 0 Å². The highest BCUT2D eigenvalue weighted by Gasteiger charge is 2.47. The summed E-state index contributed by atoms with van der Waals surface area (Å²) in [5.41, 5.74) is -0.299. The predicted octanol–water partition coefficient (Wildman–Crippen LogP) is 3.37. The van der Waals surface area contributed by atoms with E-state index in [1.54, 1.807) is 0 Å². The molecule has 9 heteroatoms. The van der Waals surface area contributed by atoms with E-state index < -0.39 is 36.0 Å². The molecule has 0 fully saturated rings. The second kappa shape index (κ2) is 4.74. The van der Waals surface area contributed by atoms with E-state index in [-0.39, 0.29) is 11.3 Å². The molecule has 1 aliphatic rings. The first-order chi connectivity index (χ1) is 9.51. The molecular weight excluding hydrogens is 303 g/mol. The zero-order chi connectivity index (χ0) is 16.0. The molecule has 21 heavy (non-hydrogen) atoms. The summed E-state index contributed by atoms with van der Waals surface area (Å²) in [6.07, 6.45) is -8.67. The molecule has 0 bridgehead atoms. The Kier molecular flexibility index (Phi) is 3.46. The number of alkyl halides is 5. The number of rotatable bonds is 3. The van der Waals surface area contributed by atoms with Gasteiger partial charge in [0, 0.05) is 0 Å². The van der Waals surface area contributed by atoms with E-state index in [9.17, 15) is 26.7 Å². The number of fused-ring (bicyclic) bond motifs is 1. The number of benzene rings is 1. The Morgan fingerprint density at radius 2 is 1.81 bits per heavy atom. The van der Waals surface area contributed by atoms with Crippen molar-refractivity contribution in [2.45, 2.75) is 25.3 Å². The highest BCUT2D eigenvalue weighted by Crippen LogP contribution is 2.44. The number of aliphatic carboxylic acids is 1. The van der Waals surface area contributed by atoms with Crippen molar-refractivity contribution < 1.29 is 41.3 Å². The molecule has 1 N–H and O–H groups in total. The molecule has 0 spiro atoms. The number of ether oxygens (including phenoxy) is 2. The third kappa shape index (κ3) is 3.01. The highest BCUT2D eigenvalue weighted by atomic mass is 19.4. The maximum absolute atomic E-state index is 12.8. The van der Waals surface area contributed by atoms with Crippen LogP contribution in [0, 0.1) is 5.92 Å². The first-order valence-corrected chi connectivity index (χ1v) is 5.70. The maximum Gasteiger partial charge on any atom is 0.586 e. The van der Waals surface area contributed by atoms with Crippen LogP contribution in [0.2, 0.25) is 0 Å². The molecule has 0 saturated carbocycles. The van der Waals surface area contributed by atoms with Crippen molar-refractivity contribution >= 4 is 5.97 Å². The number of halogens is 5. The Morgan fingerprint density at radius 3 is 2.33 bits per heavy atom. The van der Waals surface area contributed by atoms with Crippen molar-refractivity contribution in [1.82, 2.24) is 0 Å². The van der Waals surface area contributed by atoms with Gasteiger partial charge in [-0.3, -0.25) is 4.79 Å². The Morgan fingerprint density at radius 1 is 1.24 bits per heavy atom. The van der Waals surface area contributed by atoms with Crippen LogP contribution in [-0.4, -0.2) is 23.5 Å². The molecule has 1 aromatic carbocycles. The smallest absolute Gasteiger partial charge is 0.481 e. The summed E-state index contributed by atoms with van der Waals surface area (Å²) in [5.74, 6) is -6.72. The van der Waals surface area contributed by atoms with E-state index in [4.69, 9.17) is 5.11 Å². The molecule has 1 heterocycles. The lowest BCUT2D eigenvalue weighted by molar-refractivity contribution is -0.286. The van der Waals surface area contributed by atoms with Crippen LogP contribution in [0.5, 0.6) is 11.5 Å². The van der Waals surface area contributed by atoms with Crippen LogP contribution >= 0.6 is 0 Å². The standard InChI is InChI=1S/C12H9F5O4/c1-5(11(13,14)15)9(10(18)19)6-2-3-7-8(4-6)21-12(16,17)20-7/h2-5,9H,1H3,(H,18,19)/t5-,9?/m1/s1. The normalized spacial score (nSPS) is 19.1. The highest BCUT2D eigenvalue weighted by molar-refractivity contribution is 5.77. The van der Waals surface area contributed by atoms with Gasteiger partial charge in [-0.2, -0.15) is 13.2 Å². The fourth-order valence-electron chi connectivity index (χ4n) is 1.99. The van der Waals surface area contributed by atoms with Gasteiger partial charge in [-0.05, 0) is 17.7 Å². The van der Waals surface area contributed by atoms with Gasteiger partial charge in [0.25, 0.3) is 0 Å². The van der Waals surface area contributed by atoms with Crippen molar-refractivity contribution in [3.8, 4) is 11.5 Å². The van der Waals surface area contributed by atoms with Gasteiger partial charge in [-0.25, -0.2) is 0 Å². The fourth-order valence-corrected chi connectivity index (χ4v) is 1.99. The lowest BCUT2D eigenvalue weighted by atomic mass is 9.86. The van der Waals surface area contributed by atoms with E-state index in [1.165, 1.54) is 0 Å². The van der Waals surface area contributed by atoms with Crippen molar-refractivity contribution in [1.29, 1.82) is 0 Å². The largest absolute Gasteiger partial charge is 0.586 e. The summed E-state index contributed by atoms with van der Waals surface area (Å²) in [7, 11) is 0. The molecule has 0 saturated heterocycles. The molecule has 2 atom stereocenters. The third-order valence-electron chi connectivity index (χ3n) is 3.07. The Labute approximate surface area is 115 Å². The number of carbonyl (C=O) groups is 1. The van der Waals surface area contributed by atoms with E-state index in [0.29, 0.717) is 6.92 Å². The Balaban J connectivity index is 2.38. The minimum Gasteiger partial charge on any atom is -0.481 e. The minimum absolute atomic E-state index is 0.299. The van der Waals surface area contributed by atoms with Crippen LogP contribution in [0.25, 0.3) is 0 Å². The number of carboxylic acids is 1. The molecular formula is C12H9F5O4. The molecule has 2 rings (SSSR count). The molecule has 0 amide bonds. The zero-order valence-corrected chi connectivity index (χ0v) is 10.4. The molecule has 1 unspecified atom stereocenters. The van der Waals surface area contributed by atoms with Crippen molar-refractivity contribution in [2.24, 2.45) is 5.92 Å². The summed E-state index contributed by atoms with van der Waals surface area (Å²) in [4.78, 5) is 11.1. The zero-order valence-electron chi connectivity index (χ0n) is 10.4. The van der Waals surface area contributed by atoms with Gasteiger partial charge in [-0.15, -0.1) is 8.78 Å². The number of carboxylic acid groups (broad SMARTS) is 1. The summed E-state index contributed by atoms with van der Waals surface area (Å²) >= 11 is 0. The van der Waals surface area contributed by atoms with Crippen LogP contribution in [0.15, 0.2) is 18.2 Å². The van der Waals surface area contributed by atoms with Crippen LogP contribution in [0.4, 0.5) is 22.0 Å².